The van der Waals surface area contributed by atoms with Gasteiger partial charge in [0.15, 0.2) is 0 Å². The zero-order valence-corrected chi connectivity index (χ0v) is 18.5. The first-order valence-electron chi connectivity index (χ1n) is 10.9. The molecule has 34 heavy (non-hydrogen) atoms. The number of aromatic amines is 1. The lowest BCUT2D eigenvalue weighted by Gasteiger charge is -2.17. The SMILES string of the molecule is Cc1c(Cc2c(CO)nc3c(-c4ncc[nH]4)cc(C4=CCOCC4)cn23)cccc1C(F)(F)F. The van der Waals surface area contributed by atoms with Crippen LogP contribution in [0, 0.1) is 6.92 Å². The summed E-state index contributed by atoms with van der Waals surface area (Å²) in [5.41, 5.74) is 4.49. The van der Waals surface area contributed by atoms with Crippen molar-refractivity contribution in [2.45, 2.75) is 32.5 Å². The number of alkyl halides is 3. The number of hydrogen-bond acceptors (Lipinski definition) is 4. The predicted molar refractivity (Wildman–Crippen MR) is 121 cm³/mol. The fourth-order valence-electron chi connectivity index (χ4n) is 4.47. The minimum absolute atomic E-state index is 0.170. The summed E-state index contributed by atoms with van der Waals surface area (Å²) in [6, 6.07) is 6.19. The molecule has 9 heteroatoms. The molecule has 0 atom stereocenters. The number of nitrogens with zero attached hydrogens (tertiary/aromatic N) is 3. The van der Waals surface area contributed by atoms with Crippen molar-refractivity contribution in [1.29, 1.82) is 0 Å². The molecular formula is C25H23F3N4O2. The van der Waals surface area contributed by atoms with Crippen molar-refractivity contribution in [2.24, 2.45) is 0 Å². The number of aromatic nitrogens is 4. The van der Waals surface area contributed by atoms with Crippen LogP contribution >= 0.6 is 0 Å². The fourth-order valence-corrected chi connectivity index (χ4v) is 4.47. The summed E-state index contributed by atoms with van der Waals surface area (Å²) in [7, 11) is 0. The number of imidazole rings is 2. The van der Waals surface area contributed by atoms with Gasteiger partial charge in [0.25, 0.3) is 0 Å². The summed E-state index contributed by atoms with van der Waals surface area (Å²) >= 11 is 0. The lowest BCUT2D eigenvalue weighted by atomic mass is 9.97. The van der Waals surface area contributed by atoms with E-state index in [1.54, 1.807) is 18.5 Å². The van der Waals surface area contributed by atoms with Crippen LogP contribution < -0.4 is 0 Å². The van der Waals surface area contributed by atoms with E-state index in [0.717, 1.165) is 29.2 Å². The van der Waals surface area contributed by atoms with Crippen molar-refractivity contribution in [3.05, 3.63) is 82.6 Å². The molecule has 0 amide bonds. The Morgan fingerprint density at radius 2 is 2.12 bits per heavy atom. The largest absolute Gasteiger partial charge is 0.416 e. The molecule has 176 valence electrons. The molecule has 4 aromatic rings. The van der Waals surface area contributed by atoms with Crippen molar-refractivity contribution in [3.8, 4) is 11.4 Å². The first-order valence-corrected chi connectivity index (χ1v) is 10.9. The minimum atomic E-state index is -4.44. The topological polar surface area (TPSA) is 75.4 Å². The highest BCUT2D eigenvalue weighted by Crippen LogP contribution is 2.35. The molecular weight excluding hydrogens is 445 g/mol. The van der Waals surface area contributed by atoms with Crippen molar-refractivity contribution >= 4 is 11.2 Å². The molecule has 0 spiro atoms. The maximum atomic E-state index is 13.5. The Kier molecular flexibility index (Phi) is 5.75. The molecule has 0 fully saturated rings. The van der Waals surface area contributed by atoms with E-state index in [0.29, 0.717) is 41.6 Å². The maximum Gasteiger partial charge on any atom is 0.416 e. The number of ether oxygens (including phenoxy) is 1. The Labute approximate surface area is 193 Å². The average Bonchev–Trinajstić information content (AvgIpc) is 3.48. The number of pyridine rings is 1. The molecule has 3 aromatic heterocycles. The van der Waals surface area contributed by atoms with Crippen LogP contribution in [0.2, 0.25) is 0 Å². The van der Waals surface area contributed by atoms with E-state index < -0.39 is 11.7 Å². The second-order valence-electron chi connectivity index (χ2n) is 8.26. The van der Waals surface area contributed by atoms with Crippen LogP contribution in [-0.2, 0) is 23.9 Å². The highest BCUT2D eigenvalue weighted by molar-refractivity contribution is 5.79. The molecule has 4 heterocycles. The molecule has 0 saturated heterocycles. The van der Waals surface area contributed by atoms with Crippen molar-refractivity contribution in [1.82, 2.24) is 19.4 Å². The maximum absolute atomic E-state index is 13.5. The third kappa shape index (κ3) is 4.01. The Hall–Kier alpha value is -3.43. The van der Waals surface area contributed by atoms with E-state index in [4.69, 9.17) is 4.74 Å². The number of halogens is 3. The van der Waals surface area contributed by atoms with Crippen molar-refractivity contribution in [2.75, 3.05) is 13.2 Å². The van der Waals surface area contributed by atoms with Crippen LogP contribution in [0.4, 0.5) is 13.2 Å². The van der Waals surface area contributed by atoms with E-state index in [2.05, 4.69) is 15.0 Å². The first kappa shape index (κ1) is 22.4. The summed E-state index contributed by atoms with van der Waals surface area (Å²) in [6.07, 6.45) is 3.82. The van der Waals surface area contributed by atoms with E-state index in [1.807, 2.05) is 22.7 Å². The van der Waals surface area contributed by atoms with Crippen LogP contribution in [0.5, 0.6) is 0 Å². The van der Waals surface area contributed by atoms with E-state index in [9.17, 15) is 18.3 Å². The highest BCUT2D eigenvalue weighted by atomic mass is 19.4. The number of benzene rings is 1. The second kappa shape index (κ2) is 8.73. The van der Waals surface area contributed by atoms with E-state index in [-0.39, 0.29) is 18.6 Å². The molecule has 2 N–H and O–H groups in total. The van der Waals surface area contributed by atoms with Gasteiger partial charge < -0.3 is 19.2 Å². The van der Waals surface area contributed by atoms with Gasteiger partial charge in [-0.15, -0.1) is 0 Å². The lowest BCUT2D eigenvalue weighted by Crippen LogP contribution is -2.10. The van der Waals surface area contributed by atoms with Crippen molar-refractivity contribution in [3.63, 3.8) is 0 Å². The molecule has 0 bridgehead atoms. The third-order valence-corrected chi connectivity index (χ3v) is 6.25. The summed E-state index contributed by atoms with van der Waals surface area (Å²) < 4.78 is 47.8. The number of fused-ring (bicyclic) bond motifs is 1. The third-order valence-electron chi connectivity index (χ3n) is 6.25. The van der Waals surface area contributed by atoms with Gasteiger partial charge in [0.05, 0.1) is 42.3 Å². The van der Waals surface area contributed by atoms with Gasteiger partial charge in [-0.25, -0.2) is 9.97 Å². The molecule has 0 saturated carbocycles. The quantitative estimate of drug-likeness (QED) is 0.435. The van der Waals surface area contributed by atoms with Gasteiger partial charge >= 0.3 is 6.18 Å². The molecule has 1 aromatic carbocycles. The summed E-state index contributed by atoms with van der Waals surface area (Å²) in [4.78, 5) is 12.2. The number of aliphatic hydroxyl groups excluding tert-OH is 1. The van der Waals surface area contributed by atoms with Gasteiger partial charge in [-0.2, -0.15) is 13.2 Å². The molecule has 0 unspecified atom stereocenters. The first-order chi connectivity index (χ1) is 16.4. The average molecular weight is 468 g/mol. The monoisotopic (exact) mass is 468 g/mol. The number of hydrogen-bond donors (Lipinski definition) is 2. The summed E-state index contributed by atoms with van der Waals surface area (Å²) in [6.45, 7) is 2.28. The molecule has 5 rings (SSSR count). The molecule has 1 aliphatic rings. The van der Waals surface area contributed by atoms with Crippen molar-refractivity contribution < 1.29 is 23.0 Å². The molecule has 0 radical (unpaired) electrons. The lowest BCUT2D eigenvalue weighted by molar-refractivity contribution is -0.138. The Balaban J connectivity index is 1.71. The zero-order valence-electron chi connectivity index (χ0n) is 18.5. The van der Waals surface area contributed by atoms with Crippen LogP contribution in [-0.4, -0.2) is 37.7 Å². The minimum Gasteiger partial charge on any atom is -0.390 e. The van der Waals surface area contributed by atoms with Crippen LogP contribution in [0.25, 0.3) is 22.6 Å². The van der Waals surface area contributed by atoms with Gasteiger partial charge in [-0.3, -0.25) is 0 Å². The van der Waals surface area contributed by atoms with E-state index in [1.165, 1.54) is 13.0 Å². The zero-order chi connectivity index (χ0) is 23.9. The Morgan fingerprint density at radius 1 is 1.26 bits per heavy atom. The van der Waals surface area contributed by atoms with Gasteiger partial charge in [0, 0.05) is 25.0 Å². The van der Waals surface area contributed by atoms with Gasteiger partial charge in [-0.1, -0.05) is 18.2 Å². The van der Waals surface area contributed by atoms with Crippen LogP contribution in [0.15, 0.2) is 48.9 Å². The predicted octanol–water partition coefficient (Wildman–Crippen LogP) is 4.94. The summed E-state index contributed by atoms with van der Waals surface area (Å²) in [5.74, 6) is 0.621. The molecule has 1 aliphatic heterocycles. The fraction of sp³-hybridized carbons (Fsp3) is 0.280. The normalized spacial score (nSPS) is 14.6. The van der Waals surface area contributed by atoms with Gasteiger partial charge in [0.1, 0.15) is 11.5 Å². The number of aliphatic hydroxyl groups is 1. The van der Waals surface area contributed by atoms with Gasteiger partial charge in [-0.05, 0) is 47.7 Å². The molecule has 0 aliphatic carbocycles. The highest BCUT2D eigenvalue weighted by Gasteiger charge is 2.33. The van der Waals surface area contributed by atoms with Crippen LogP contribution in [0.3, 0.4) is 0 Å². The summed E-state index contributed by atoms with van der Waals surface area (Å²) in [5, 5.41) is 10.1. The number of rotatable bonds is 5. The van der Waals surface area contributed by atoms with Crippen LogP contribution in [0.1, 0.15) is 40.1 Å². The number of H-pyrrole nitrogens is 1. The van der Waals surface area contributed by atoms with Gasteiger partial charge in [0.2, 0.25) is 0 Å². The molecule has 6 nitrogen and oxygen atoms in total. The Morgan fingerprint density at radius 3 is 2.79 bits per heavy atom. The number of nitrogens with one attached hydrogen (secondary N) is 1. The second-order valence-corrected chi connectivity index (χ2v) is 8.26. The van der Waals surface area contributed by atoms with E-state index >= 15 is 0 Å². The Bertz CT molecular complexity index is 1370. The smallest absolute Gasteiger partial charge is 0.390 e. The standard InChI is InChI=1S/C25H23F3N4O2/c1-15-17(3-2-4-20(15)25(26,27)28)12-22-21(14-33)31-24-19(23-29-7-8-30-23)11-18(13-32(22)24)16-5-9-34-10-6-16/h2-5,7-8,11,13,33H,6,9-10,12,14H2,1H3,(H,29,30).